The van der Waals surface area contributed by atoms with E-state index in [4.69, 9.17) is 18.9 Å². The summed E-state index contributed by atoms with van der Waals surface area (Å²) < 4.78 is 50.9. The highest BCUT2D eigenvalue weighted by atomic mass is 19.1. The van der Waals surface area contributed by atoms with Crippen LogP contribution in [-0.2, 0) is 16.0 Å². The Morgan fingerprint density at radius 3 is 2.51 bits per heavy atom. The number of anilines is 1. The summed E-state index contributed by atoms with van der Waals surface area (Å²) in [6.07, 6.45) is 3.34. The number of unbranched alkanes of at least 4 members (excludes halogenated alkanes) is 1. The van der Waals surface area contributed by atoms with Gasteiger partial charge in [0.25, 0.3) is 0 Å². The number of carbonyl (C=O) groups excluding carboxylic acids is 2. The fourth-order valence-corrected chi connectivity index (χ4v) is 4.83. The Balaban J connectivity index is 1.18. The number of morpholine rings is 1. The molecule has 0 aliphatic carbocycles. The Bertz CT molecular complexity index is 1630. The number of imide groups is 1. The molecule has 2 N–H and O–H groups in total. The van der Waals surface area contributed by atoms with Crippen LogP contribution in [0.3, 0.4) is 0 Å². The van der Waals surface area contributed by atoms with Crippen LogP contribution in [0.1, 0.15) is 18.4 Å². The van der Waals surface area contributed by atoms with Crippen LogP contribution in [-0.4, -0.2) is 68.4 Å². The molecule has 0 atom stereocenters. The van der Waals surface area contributed by atoms with Crippen molar-refractivity contribution < 1.29 is 37.3 Å². The van der Waals surface area contributed by atoms with Crippen molar-refractivity contribution in [1.29, 1.82) is 0 Å². The molecule has 0 radical (unpaired) electrons. The van der Waals surface area contributed by atoms with Gasteiger partial charge in [-0.25, -0.2) is 13.6 Å². The number of aromatic nitrogens is 1. The lowest BCUT2D eigenvalue weighted by Crippen LogP contribution is -2.36. The molecule has 1 saturated heterocycles. The number of rotatable bonds is 12. The molecule has 1 fully saturated rings. The van der Waals surface area contributed by atoms with Gasteiger partial charge in [-0.05, 0) is 61.3 Å². The summed E-state index contributed by atoms with van der Waals surface area (Å²) >= 11 is 0. The Hall–Kier alpha value is -4.81. The quantitative estimate of drug-likeness (QED) is 0.194. The zero-order valence-electron chi connectivity index (χ0n) is 24.8. The standard InChI is InChI=1S/C33H34F2N4O6/c1-42-30-20-25-28(21-31(30)44-15-3-2-12-39-13-16-43-17-14-39)36-11-10-29(25)45-24-8-9-27(26(35)19-24)37-33(41)38-32(40)18-22-4-6-23(34)7-5-22/h4-11,19-21H,2-3,12-18H2,1H3,(H2,37,38,40,41). The highest BCUT2D eigenvalue weighted by Crippen LogP contribution is 2.37. The second-order valence-corrected chi connectivity index (χ2v) is 10.4. The molecule has 1 aromatic heterocycles. The van der Waals surface area contributed by atoms with Crippen molar-refractivity contribution >= 4 is 28.5 Å². The van der Waals surface area contributed by atoms with E-state index in [9.17, 15) is 18.4 Å². The number of nitrogens with zero attached hydrogens (tertiary/aromatic N) is 2. The van der Waals surface area contributed by atoms with E-state index in [-0.39, 0.29) is 17.9 Å². The first-order valence-corrected chi connectivity index (χ1v) is 14.6. The first-order chi connectivity index (χ1) is 21.9. The van der Waals surface area contributed by atoms with E-state index >= 15 is 0 Å². The molecule has 0 bridgehead atoms. The lowest BCUT2D eigenvalue weighted by molar-refractivity contribution is -0.119. The normalized spacial score (nSPS) is 13.3. The number of fused-ring (bicyclic) bond motifs is 1. The summed E-state index contributed by atoms with van der Waals surface area (Å²) in [4.78, 5) is 31.2. The molecule has 4 aromatic rings. The second kappa shape index (κ2) is 15.3. The average Bonchev–Trinajstić information content (AvgIpc) is 3.03. The number of halogens is 2. The summed E-state index contributed by atoms with van der Waals surface area (Å²) in [5.74, 6) is -0.156. The van der Waals surface area contributed by atoms with E-state index in [1.165, 1.54) is 36.4 Å². The molecule has 3 amide bonds. The van der Waals surface area contributed by atoms with Gasteiger partial charge in [-0.2, -0.15) is 0 Å². The van der Waals surface area contributed by atoms with E-state index in [1.807, 2.05) is 0 Å². The Labute approximate surface area is 259 Å². The maximum atomic E-state index is 14.9. The summed E-state index contributed by atoms with van der Waals surface area (Å²) in [5, 5.41) is 5.07. The molecule has 1 aliphatic rings. The molecular formula is C33H34F2N4O6. The molecule has 10 nitrogen and oxygen atoms in total. The van der Waals surface area contributed by atoms with Crippen LogP contribution in [0.15, 0.2) is 66.9 Å². The number of amides is 3. The molecule has 0 unspecified atom stereocenters. The minimum atomic E-state index is -0.906. The zero-order chi connectivity index (χ0) is 31.6. The fourth-order valence-electron chi connectivity index (χ4n) is 4.83. The van der Waals surface area contributed by atoms with Crippen molar-refractivity contribution in [3.63, 3.8) is 0 Å². The number of benzene rings is 3. The number of ether oxygens (including phenoxy) is 4. The number of carbonyl (C=O) groups is 2. The second-order valence-electron chi connectivity index (χ2n) is 10.4. The van der Waals surface area contributed by atoms with Gasteiger partial charge in [-0.15, -0.1) is 0 Å². The van der Waals surface area contributed by atoms with Crippen molar-refractivity contribution in [2.24, 2.45) is 0 Å². The van der Waals surface area contributed by atoms with E-state index in [0.717, 1.165) is 51.8 Å². The molecule has 3 aromatic carbocycles. The van der Waals surface area contributed by atoms with E-state index in [2.05, 4.69) is 20.5 Å². The number of hydrogen-bond donors (Lipinski definition) is 2. The first-order valence-electron chi connectivity index (χ1n) is 14.6. The van der Waals surface area contributed by atoms with Gasteiger partial charge in [0.2, 0.25) is 5.91 Å². The van der Waals surface area contributed by atoms with Gasteiger partial charge in [-0.1, -0.05) is 12.1 Å². The Morgan fingerprint density at radius 1 is 0.956 bits per heavy atom. The number of hydrogen-bond acceptors (Lipinski definition) is 8. The average molecular weight is 621 g/mol. The SMILES string of the molecule is COc1cc2c(Oc3ccc(NC(=O)NC(=O)Cc4ccc(F)cc4)c(F)c3)ccnc2cc1OCCCCN1CCOCC1. The zero-order valence-corrected chi connectivity index (χ0v) is 24.8. The van der Waals surface area contributed by atoms with Gasteiger partial charge < -0.3 is 24.3 Å². The Morgan fingerprint density at radius 2 is 1.76 bits per heavy atom. The van der Waals surface area contributed by atoms with Crippen molar-refractivity contribution in [2.45, 2.75) is 19.3 Å². The Kier molecular flexibility index (Phi) is 10.7. The molecule has 45 heavy (non-hydrogen) atoms. The third kappa shape index (κ3) is 8.87. The van der Waals surface area contributed by atoms with Crippen molar-refractivity contribution in [3.8, 4) is 23.0 Å². The van der Waals surface area contributed by atoms with Crippen molar-refractivity contribution in [3.05, 3.63) is 84.1 Å². The summed E-state index contributed by atoms with van der Waals surface area (Å²) in [6, 6.07) is 13.5. The summed E-state index contributed by atoms with van der Waals surface area (Å²) in [6.45, 7) is 5.03. The largest absolute Gasteiger partial charge is 0.493 e. The molecule has 12 heteroatoms. The van der Waals surface area contributed by atoms with E-state index in [0.29, 0.717) is 40.3 Å². The lowest BCUT2D eigenvalue weighted by Gasteiger charge is -2.26. The minimum absolute atomic E-state index is 0.142. The van der Waals surface area contributed by atoms with Gasteiger partial charge in [0.05, 0.1) is 44.6 Å². The van der Waals surface area contributed by atoms with Crippen LogP contribution in [0.25, 0.3) is 10.9 Å². The number of pyridine rings is 1. The predicted octanol–water partition coefficient (Wildman–Crippen LogP) is 5.70. The van der Waals surface area contributed by atoms with Gasteiger partial charge >= 0.3 is 6.03 Å². The van der Waals surface area contributed by atoms with Gasteiger partial charge in [-0.3, -0.25) is 20.0 Å². The van der Waals surface area contributed by atoms with E-state index in [1.54, 1.807) is 31.5 Å². The van der Waals surface area contributed by atoms with Crippen molar-refractivity contribution in [2.75, 3.05) is 51.9 Å². The maximum absolute atomic E-state index is 14.9. The molecule has 5 rings (SSSR count). The lowest BCUT2D eigenvalue weighted by atomic mass is 10.1. The number of methoxy groups -OCH3 is 1. The number of urea groups is 1. The van der Waals surface area contributed by atoms with Crippen molar-refractivity contribution in [1.82, 2.24) is 15.2 Å². The molecule has 2 heterocycles. The summed E-state index contributed by atoms with van der Waals surface area (Å²) in [5.41, 5.74) is 0.981. The molecule has 1 aliphatic heterocycles. The van der Waals surface area contributed by atoms with Crippen LogP contribution >= 0.6 is 0 Å². The third-order valence-electron chi connectivity index (χ3n) is 7.16. The predicted molar refractivity (Wildman–Crippen MR) is 164 cm³/mol. The van der Waals surface area contributed by atoms with Crippen LogP contribution in [0.4, 0.5) is 19.3 Å². The number of nitrogens with one attached hydrogen (secondary N) is 2. The van der Waals surface area contributed by atoms with Gasteiger partial charge in [0.15, 0.2) is 11.5 Å². The van der Waals surface area contributed by atoms with Crippen LogP contribution in [0.5, 0.6) is 23.0 Å². The topological polar surface area (TPSA) is 111 Å². The third-order valence-corrected chi connectivity index (χ3v) is 7.16. The van der Waals surface area contributed by atoms with Crippen LogP contribution in [0, 0.1) is 11.6 Å². The van der Waals surface area contributed by atoms with Crippen LogP contribution < -0.4 is 24.8 Å². The monoisotopic (exact) mass is 620 g/mol. The molecule has 236 valence electrons. The highest BCUT2D eigenvalue weighted by molar-refractivity contribution is 6.01. The summed E-state index contributed by atoms with van der Waals surface area (Å²) in [7, 11) is 1.55. The minimum Gasteiger partial charge on any atom is -0.493 e. The van der Waals surface area contributed by atoms with Gasteiger partial charge in [0.1, 0.15) is 23.1 Å². The first kappa shape index (κ1) is 31.6. The van der Waals surface area contributed by atoms with Crippen LogP contribution in [0.2, 0.25) is 0 Å². The highest BCUT2D eigenvalue weighted by Gasteiger charge is 2.15. The smallest absolute Gasteiger partial charge is 0.325 e. The maximum Gasteiger partial charge on any atom is 0.325 e. The fraction of sp³-hybridized carbons (Fsp3) is 0.303. The van der Waals surface area contributed by atoms with Gasteiger partial charge in [0, 0.05) is 36.8 Å². The molecular weight excluding hydrogens is 586 g/mol. The molecule has 0 saturated carbocycles. The molecule has 0 spiro atoms. The van der Waals surface area contributed by atoms with E-state index < -0.39 is 23.6 Å².